The van der Waals surface area contributed by atoms with Crippen LogP contribution < -0.4 is 10.6 Å². The van der Waals surface area contributed by atoms with Crippen molar-refractivity contribution >= 4 is 30.4 Å². The first kappa shape index (κ1) is 15.8. The van der Waals surface area contributed by atoms with E-state index in [0.29, 0.717) is 0 Å². The van der Waals surface area contributed by atoms with Crippen LogP contribution in [0.4, 0.5) is 0 Å². The molecule has 98 valence electrons. The molecule has 0 aliphatic carbocycles. The second-order valence-electron chi connectivity index (χ2n) is 3.66. The zero-order valence-corrected chi connectivity index (χ0v) is 11.2. The summed E-state index contributed by atoms with van der Waals surface area (Å²) >= 11 is 3.94. The summed E-state index contributed by atoms with van der Waals surface area (Å²) in [4.78, 5) is 33.9. The first-order valence-electron chi connectivity index (χ1n) is 5.16. The van der Waals surface area contributed by atoms with E-state index in [1.165, 1.54) is 21.0 Å². The van der Waals surface area contributed by atoms with E-state index in [2.05, 4.69) is 28.0 Å². The van der Waals surface area contributed by atoms with Gasteiger partial charge in [0.1, 0.15) is 12.1 Å². The summed E-state index contributed by atoms with van der Waals surface area (Å²) in [6.07, 6.45) is 0. The molecule has 0 aromatic rings. The fourth-order valence-electron chi connectivity index (χ4n) is 0.974. The zero-order valence-electron chi connectivity index (χ0n) is 10.3. The number of hydrogen-bond acceptors (Lipinski definition) is 5. The molecular weight excluding hydrogens is 244 g/mol. The van der Waals surface area contributed by atoms with Crippen molar-refractivity contribution in [1.82, 2.24) is 10.6 Å². The van der Waals surface area contributed by atoms with Crippen LogP contribution in [-0.2, 0) is 19.1 Å². The van der Waals surface area contributed by atoms with Gasteiger partial charge in [0.25, 0.3) is 0 Å². The van der Waals surface area contributed by atoms with E-state index in [0.717, 1.165) is 0 Å². The molecule has 0 rings (SSSR count). The average molecular weight is 262 g/mol. The van der Waals surface area contributed by atoms with E-state index in [1.807, 2.05) is 0 Å². The highest BCUT2D eigenvalue weighted by Gasteiger charge is 2.21. The molecule has 17 heavy (non-hydrogen) atoms. The van der Waals surface area contributed by atoms with Gasteiger partial charge in [0.05, 0.1) is 12.4 Å². The summed E-state index contributed by atoms with van der Waals surface area (Å²) in [5.41, 5.74) is 0. The van der Waals surface area contributed by atoms with E-state index in [9.17, 15) is 14.4 Å². The third-order valence-corrected chi connectivity index (χ3v) is 2.28. The van der Waals surface area contributed by atoms with Gasteiger partial charge in [-0.3, -0.25) is 9.59 Å². The summed E-state index contributed by atoms with van der Waals surface area (Å²) in [5.74, 6) is -1.34. The van der Waals surface area contributed by atoms with Crippen LogP contribution in [0.15, 0.2) is 0 Å². The number of esters is 1. The quantitative estimate of drug-likeness (QED) is 0.460. The molecule has 0 bridgehead atoms. The van der Waals surface area contributed by atoms with Gasteiger partial charge in [-0.25, -0.2) is 4.79 Å². The highest BCUT2D eigenvalue weighted by atomic mass is 32.1. The lowest BCUT2D eigenvalue weighted by molar-refractivity contribution is -0.144. The minimum atomic E-state index is -0.750. The van der Waals surface area contributed by atoms with Crippen LogP contribution in [0.5, 0.6) is 0 Å². The zero-order chi connectivity index (χ0) is 13.6. The predicted molar refractivity (Wildman–Crippen MR) is 65.7 cm³/mol. The van der Waals surface area contributed by atoms with E-state index in [4.69, 9.17) is 0 Å². The minimum absolute atomic E-state index is 0.346. The Labute approximate surface area is 106 Å². The number of nitrogens with one attached hydrogen (secondary N) is 2. The van der Waals surface area contributed by atoms with Gasteiger partial charge in [-0.05, 0) is 20.8 Å². The number of methoxy groups -OCH3 is 1. The molecule has 0 radical (unpaired) electrons. The molecule has 0 spiro atoms. The lowest BCUT2D eigenvalue weighted by Crippen LogP contribution is -2.50. The van der Waals surface area contributed by atoms with Crippen molar-refractivity contribution in [3.8, 4) is 0 Å². The van der Waals surface area contributed by atoms with Crippen molar-refractivity contribution in [3.63, 3.8) is 0 Å². The average Bonchev–Trinajstić information content (AvgIpc) is 2.27. The van der Waals surface area contributed by atoms with Crippen molar-refractivity contribution in [3.05, 3.63) is 0 Å². The molecular formula is C10H18N2O4S. The van der Waals surface area contributed by atoms with Crippen LogP contribution in [-0.4, -0.2) is 42.2 Å². The van der Waals surface area contributed by atoms with Crippen molar-refractivity contribution in [1.29, 1.82) is 0 Å². The van der Waals surface area contributed by atoms with Gasteiger partial charge in [0.15, 0.2) is 0 Å². The second-order valence-corrected chi connectivity index (χ2v) is 4.43. The van der Waals surface area contributed by atoms with Crippen molar-refractivity contribution < 1.29 is 19.1 Å². The third kappa shape index (κ3) is 5.58. The standard InChI is InChI=1S/C10H18N2O4S/c1-5(11-9(14)7(3)17)8(13)12-6(2)10(15)16-4/h5-7,17H,1-4H3,(H,11,14)(H,12,13). The Morgan fingerprint density at radius 3 is 1.88 bits per heavy atom. The Kier molecular flexibility index (Phi) is 6.64. The molecule has 3 unspecified atom stereocenters. The van der Waals surface area contributed by atoms with Crippen LogP contribution in [0.2, 0.25) is 0 Å². The fraction of sp³-hybridized carbons (Fsp3) is 0.700. The predicted octanol–water partition coefficient (Wildman–Crippen LogP) is -0.513. The molecule has 0 aliphatic heterocycles. The van der Waals surface area contributed by atoms with Crippen LogP contribution in [0.1, 0.15) is 20.8 Å². The molecule has 0 aromatic heterocycles. The van der Waals surface area contributed by atoms with Crippen molar-refractivity contribution in [2.45, 2.75) is 38.1 Å². The largest absolute Gasteiger partial charge is 0.467 e. The molecule has 3 atom stereocenters. The SMILES string of the molecule is COC(=O)C(C)NC(=O)C(C)NC(=O)C(C)S. The molecule has 2 amide bonds. The van der Waals surface area contributed by atoms with Gasteiger partial charge < -0.3 is 15.4 Å². The first-order valence-corrected chi connectivity index (χ1v) is 5.67. The molecule has 0 aromatic carbocycles. The van der Waals surface area contributed by atoms with Gasteiger partial charge in [-0.2, -0.15) is 12.6 Å². The minimum Gasteiger partial charge on any atom is -0.467 e. The number of amides is 2. The summed E-state index contributed by atoms with van der Waals surface area (Å²) < 4.78 is 4.46. The maximum atomic E-state index is 11.6. The van der Waals surface area contributed by atoms with Crippen LogP contribution in [0.25, 0.3) is 0 Å². The van der Waals surface area contributed by atoms with Crippen LogP contribution >= 0.6 is 12.6 Å². The van der Waals surface area contributed by atoms with E-state index in [1.54, 1.807) is 6.92 Å². The number of rotatable bonds is 5. The molecule has 0 fully saturated rings. The lowest BCUT2D eigenvalue weighted by Gasteiger charge is -2.17. The molecule has 0 aliphatic rings. The highest BCUT2D eigenvalue weighted by Crippen LogP contribution is 1.94. The third-order valence-electron chi connectivity index (χ3n) is 2.04. The van der Waals surface area contributed by atoms with Crippen molar-refractivity contribution in [2.75, 3.05) is 7.11 Å². The maximum Gasteiger partial charge on any atom is 0.328 e. The molecule has 7 heteroatoms. The summed E-state index contributed by atoms with van der Waals surface area (Å²) in [7, 11) is 1.23. The Hall–Kier alpha value is -1.24. The van der Waals surface area contributed by atoms with E-state index < -0.39 is 29.2 Å². The number of carbonyl (C=O) groups excluding carboxylic acids is 3. The van der Waals surface area contributed by atoms with Crippen LogP contribution in [0, 0.1) is 0 Å². The van der Waals surface area contributed by atoms with Gasteiger partial charge in [0, 0.05) is 0 Å². The first-order chi connectivity index (χ1) is 7.79. The Balaban J connectivity index is 4.23. The summed E-state index contributed by atoms with van der Waals surface area (Å²) in [6.45, 7) is 4.62. The molecule has 0 heterocycles. The topological polar surface area (TPSA) is 84.5 Å². The number of ether oxygens (including phenoxy) is 1. The highest BCUT2D eigenvalue weighted by molar-refractivity contribution is 7.81. The Morgan fingerprint density at radius 2 is 1.47 bits per heavy atom. The smallest absolute Gasteiger partial charge is 0.328 e. The lowest BCUT2D eigenvalue weighted by atomic mass is 10.2. The summed E-state index contributed by atoms with van der Waals surface area (Å²) in [5, 5.41) is 4.39. The van der Waals surface area contributed by atoms with E-state index >= 15 is 0 Å². The monoisotopic (exact) mass is 262 g/mol. The Bertz CT molecular complexity index is 307. The molecule has 2 N–H and O–H groups in total. The van der Waals surface area contributed by atoms with Crippen LogP contribution in [0.3, 0.4) is 0 Å². The van der Waals surface area contributed by atoms with Gasteiger partial charge in [0.2, 0.25) is 11.8 Å². The Morgan fingerprint density at radius 1 is 1.00 bits per heavy atom. The number of hydrogen-bond donors (Lipinski definition) is 3. The molecule has 0 saturated carbocycles. The molecule has 0 saturated heterocycles. The number of carbonyl (C=O) groups is 3. The second kappa shape index (κ2) is 7.16. The van der Waals surface area contributed by atoms with Crippen molar-refractivity contribution in [2.24, 2.45) is 0 Å². The van der Waals surface area contributed by atoms with Gasteiger partial charge in [-0.15, -0.1) is 0 Å². The van der Waals surface area contributed by atoms with Gasteiger partial charge in [-0.1, -0.05) is 0 Å². The molecule has 6 nitrogen and oxygen atoms in total. The normalized spacial score (nSPS) is 15.4. The summed E-state index contributed by atoms with van der Waals surface area (Å²) in [6, 6.07) is -1.48. The maximum absolute atomic E-state index is 11.6. The van der Waals surface area contributed by atoms with E-state index in [-0.39, 0.29) is 5.91 Å². The van der Waals surface area contributed by atoms with Gasteiger partial charge >= 0.3 is 5.97 Å². The number of thiol groups is 1. The fourth-order valence-corrected chi connectivity index (χ4v) is 1.05.